The van der Waals surface area contributed by atoms with Gasteiger partial charge in [-0.05, 0) is 29.1 Å². The van der Waals surface area contributed by atoms with Gasteiger partial charge in [0.2, 0.25) is 5.91 Å². The van der Waals surface area contributed by atoms with Crippen molar-refractivity contribution in [2.45, 2.75) is 6.04 Å². The molecule has 5 nitrogen and oxygen atoms in total. The predicted molar refractivity (Wildman–Crippen MR) is 84.6 cm³/mol. The maximum atomic E-state index is 11.8. The average Bonchev–Trinajstić information content (AvgIpc) is 3.04. The lowest BCUT2D eigenvalue weighted by atomic mass is 10.1. The lowest BCUT2D eigenvalue weighted by Crippen LogP contribution is -2.38. The minimum absolute atomic E-state index is 0.201. The SMILES string of the molecule is N#C[C@H](NC(=O)CNC(=O)c1ccsc1)c1cccc(Cl)c1. The van der Waals surface area contributed by atoms with Crippen molar-refractivity contribution in [2.24, 2.45) is 0 Å². The molecule has 0 saturated heterocycles. The van der Waals surface area contributed by atoms with Gasteiger partial charge in [0.05, 0.1) is 12.6 Å². The minimum Gasteiger partial charge on any atom is -0.343 e. The number of rotatable bonds is 5. The van der Waals surface area contributed by atoms with E-state index in [0.717, 1.165) is 0 Å². The smallest absolute Gasteiger partial charge is 0.252 e. The predicted octanol–water partition coefficient (Wildman–Crippen LogP) is 2.51. The molecule has 0 bridgehead atoms. The first-order valence-electron chi connectivity index (χ1n) is 6.35. The van der Waals surface area contributed by atoms with Gasteiger partial charge in [0, 0.05) is 16.0 Å². The zero-order chi connectivity index (χ0) is 15.9. The van der Waals surface area contributed by atoms with E-state index in [1.165, 1.54) is 11.3 Å². The normalized spacial score (nSPS) is 11.3. The van der Waals surface area contributed by atoms with Gasteiger partial charge in [0.25, 0.3) is 5.91 Å². The van der Waals surface area contributed by atoms with Crippen molar-refractivity contribution in [1.29, 1.82) is 5.26 Å². The summed E-state index contributed by atoms with van der Waals surface area (Å²) < 4.78 is 0. The van der Waals surface area contributed by atoms with E-state index < -0.39 is 11.9 Å². The van der Waals surface area contributed by atoms with Crippen LogP contribution in [-0.4, -0.2) is 18.4 Å². The lowest BCUT2D eigenvalue weighted by Gasteiger charge is -2.12. The summed E-state index contributed by atoms with van der Waals surface area (Å²) in [5, 5.41) is 18.1. The molecule has 1 heterocycles. The van der Waals surface area contributed by atoms with E-state index in [1.54, 1.807) is 41.1 Å². The van der Waals surface area contributed by atoms with Crippen LogP contribution in [0.25, 0.3) is 0 Å². The molecule has 2 rings (SSSR count). The molecule has 0 unspecified atom stereocenters. The number of nitriles is 1. The number of carbonyl (C=O) groups is 2. The van der Waals surface area contributed by atoms with E-state index in [4.69, 9.17) is 16.9 Å². The number of thiophene rings is 1. The molecule has 1 aromatic heterocycles. The second kappa shape index (κ2) is 7.59. The van der Waals surface area contributed by atoms with Crippen molar-refractivity contribution in [1.82, 2.24) is 10.6 Å². The molecule has 22 heavy (non-hydrogen) atoms. The van der Waals surface area contributed by atoms with Crippen molar-refractivity contribution >= 4 is 34.8 Å². The van der Waals surface area contributed by atoms with Gasteiger partial charge in [-0.25, -0.2) is 0 Å². The van der Waals surface area contributed by atoms with E-state index in [2.05, 4.69) is 10.6 Å². The number of carbonyl (C=O) groups excluding carboxylic acids is 2. The van der Waals surface area contributed by atoms with Crippen LogP contribution in [0.1, 0.15) is 22.0 Å². The van der Waals surface area contributed by atoms with Crippen LogP contribution >= 0.6 is 22.9 Å². The van der Waals surface area contributed by atoms with Gasteiger partial charge < -0.3 is 10.6 Å². The highest BCUT2D eigenvalue weighted by molar-refractivity contribution is 7.08. The standard InChI is InChI=1S/C15H12ClN3O2S/c16-12-3-1-2-10(6-12)13(7-17)19-14(20)8-18-15(21)11-4-5-22-9-11/h1-6,9,13H,8H2,(H,18,21)(H,19,20)/t13-/m0/s1. The molecule has 0 saturated carbocycles. The fourth-order valence-electron chi connectivity index (χ4n) is 1.74. The van der Waals surface area contributed by atoms with Crippen LogP contribution in [0, 0.1) is 11.3 Å². The number of nitrogens with one attached hydrogen (secondary N) is 2. The first kappa shape index (κ1) is 16.0. The number of hydrogen-bond donors (Lipinski definition) is 2. The molecule has 0 aliphatic heterocycles. The highest BCUT2D eigenvalue weighted by Crippen LogP contribution is 2.17. The van der Waals surface area contributed by atoms with Crippen LogP contribution in [0.3, 0.4) is 0 Å². The number of amides is 2. The molecule has 2 N–H and O–H groups in total. The average molecular weight is 334 g/mol. The second-order valence-electron chi connectivity index (χ2n) is 4.38. The van der Waals surface area contributed by atoms with Crippen LogP contribution in [0.4, 0.5) is 0 Å². The Kier molecular flexibility index (Phi) is 5.53. The van der Waals surface area contributed by atoms with Crippen molar-refractivity contribution in [3.8, 4) is 6.07 Å². The molecule has 0 fully saturated rings. The van der Waals surface area contributed by atoms with E-state index in [1.807, 2.05) is 6.07 Å². The van der Waals surface area contributed by atoms with Gasteiger partial charge in [0.15, 0.2) is 0 Å². The maximum Gasteiger partial charge on any atom is 0.252 e. The molecule has 2 amide bonds. The zero-order valence-electron chi connectivity index (χ0n) is 11.4. The van der Waals surface area contributed by atoms with Gasteiger partial charge in [-0.2, -0.15) is 16.6 Å². The fourth-order valence-corrected chi connectivity index (χ4v) is 2.58. The number of nitrogens with zero attached hydrogens (tertiary/aromatic N) is 1. The Hall–Kier alpha value is -2.36. The Balaban J connectivity index is 1.90. The summed E-state index contributed by atoms with van der Waals surface area (Å²) in [6.45, 7) is -0.201. The third-order valence-corrected chi connectivity index (χ3v) is 3.73. The summed E-state index contributed by atoms with van der Waals surface area (Å²) >= 11 is 7.26. The first-order chi connectivity index (χ1) is 10.6. The minimum atomic E-state index is -0.816. The van der Waals surface area contributed by atoms with Gasteiger partial charge in [0.1, 0.15) is 6.04 Å². The third-order valence-electron chi connectivity index (χ3n) is 2.81. The lowest BCUT2D eigenvalue weighted by molar-refractivity contribution is -0.120. The first-order valence-corrected chi connectivity index (χ1v) is 7.67. The molecule has 0 aliphatic carbocycles. The topological polar surface area (TPSA) is 82.0 Å². The van der Waals surface area contributed by atoms with Crippen LogP contribution < -0.4 is 10.6 Å². The highest BCUT2D eigenvalue weighted by Gasteiger charge is 2.15. The number of halogens is 1. The van der Waals surface area contributed by atoms with Crippen molar-refractivity contribution < 1.29 is 9.59 Å². The van der Waals surface area contributed by atoms with Crippen LogP contribution in [0.15, 0.2) is 41.1 Å². The van der Waals surface area contributed by atoms with E-state index >= 15 is 0 Å². The van der Waals surface area contributed by atoms with E-state index in [-0.39, 0.29) is 12.5 Å². The summed E-state index contributed by atoms with van der Waals surface area (Å²) in [6, 6.07) is 9.54. The fraction of sp³-hybridized carbons (Fsp3) is 0.133. The number of benzene rings is 1. The Morgan fingerprint density at radius 2 is 2.18 bits per heavy atom. The molecule has 7 heteroatoms. The van der Waals surface area contributed by atoms with E-state index in [0.29, 0.717) is 16.1 Å². The molecule has 0 spiro atoms. The van der Waals surface area contributed by atoms with Crippen molar-refractivity contribution in [3.63, 3.8) is 0 Å². The monoisotopic (exact) mass is 333 g/mol. The molecule has 1 atom stereocenters. The number of hydrogen-bond acceptors (Lipinski definition) is 4. The maximum absolute atomic E-state index is 11.8. The zero-order valence-corrected chi connectivity index (χ0v) is 12.9. The van der Waals surface area contributed by atoms with Gasteiger partial charge in [-0.3, -0.25) is 9.59 Å². The summed E-state index contributed by atoms with van der Waals surface area (Å²) in [7, 11) is 0. The quantitative estimate of drug-likeness (QED) is 0.882. The van der Waals surface area contributed by atoms with Crippen molar-refractivity contribution in [3.05, 3.63) is 57.2 Å². The molecular formula is C15H12ClN3O2S. The molecule has 0 aliphatic rings. The van der Waals surface area contributed by atoms with Gasteiger partial charge in [-0.15, -0.1) is 0 Å². The molecular weight excluding hydrogens is 322 g/mol. The molecule has 112 valence electrons. The second-order valence-corrected chi connectivity index (χ2v) is 5.60. The summed E-state index contributed by atoms with van der Waals surface area (Å²) in [4.78, 5) is 23.6. The summed E-state index contributed by atoms with van der Waals surface area (Å²) in [6.07, 6.45) is 0. The molecule has 1 aromatic carbocycles. The van der Waals surface area contributed by atoms with Gasteiger partial charge in [-0.1, -0.05) is 23.7 Å². The Bertz CT molecular complexity index is 710. The molecule has 2 aromatic rings. The van der Waals surface area contributed by atoms with Crippen molar-refractivity contribution in [2.75, 3.05) is 6.54 Å². The van der Waals surface area contributed by atoms with Crippen LogP contribution in [0.2, 0.25) is 5.02 Å². The molecule has 0 radical (unpaired) electrons. The summed E-state index contributed by atoms with van der Waals surface area (Å²) in [5.41, 5.74) is 1.09. The largest absolute Gasteiger partial charge is 0.343 e. The van der Waals surface area contributed by atoms with Crippen LogP contribution in [-0.2, 0) is 4.79 Å². The summed E-state index contributed by atoms with van der Waals surface area (Å²) in [5.74, 6) is -0.775. The Morgan fingerprint density at radius 3 is 2.82 bits per heavy atom. The third kappa shape index (κ3) is 4.32. The van der Waals surface area contributed by atoms with Gasteiger partial charge >= 0.3 is 0 Å². The Labute approximate surface area is 136 Å². The van der Waals surface area contributed by atoms with E-state index in [9.17, 15) is 9.59 Å². The van der Waals surface area contributed by atoms with Crippen LogP contribution in [0.5, 0.6) is 0 Å². The Morgan fingerprint density at radius 1 is 1.36 bits per heavy atom. The highest BCUT2D eigenvalue weighted by atomic mass is 35.5.